The number of rotatable bonds is 11. The van der Waals surface area contributed by atoms with E-state index in [1.165, 1.54) is 6.92 Å². The Labute approximate surface area is 197 Å². The molecule has 1 saturated heterocycles. The van der Waals surface area contributed by atoms with Crippen LogP contribution in [0.4, 0.5) is 0 Å². The van der Waals surface area contributed by atoms with E-state index in [4.69, 9.17) is 18.9 Å². The molecule has 0 bridgehead atoms. The van der Waals surface area contributed by atoms with Gasteiger partial charge in [-0.15, -0.1) is 0 Å². The van der Waals surface area contributed by atoms with E-state index in [-0.39, 0.29) is 0 Å². The minimum atomic E-state index is -1.54. The number of nitrogens with one attached hydrogen (secondary N) is 1. The maximum Gasteiger partial charge on any atom is 0.330 e. The number of ether oxygens (including phenoxy) is 4. The van der Waals surface area contributed by atoms with Gasteiger partial charge in [0.05, 0.1) is 0 Å². The Morgan fingerprint density at radius 2 is 1.37 bits per heavy atom. The molecule has 0 radical (unpaired) electrons. The summed E-state index contributed by atoms with van der Waals surface area (Å²) in [6.07, 6.45) is -6.62. The molecule has 4 unspecified atom stereocenters. The van der Waals surface area contributed by atoms with Crippen molar-refractivity contribution in [2.75, 3.05) is 6.61 Å². The number of hydrogen-bond acceptors (Lipinski definition) is 12. The van der Waals surface area contributed by atoms with E-state index in [9.17, 15) is 38.4 Å². The van der Waals surface area contributed by atoms with Crippen LogP contribution in [0.15, 0.2) is 21.9 Å². The van der Waals surface area contributed by atoms with Crippen LogP contribution in [0.5, 0.6) is 0 Å². The number of aromatic nitrogens is 2. The fourth-order valence-electron chi connectivity index (χ4n) is 3.18. The van der Waals surface area contributed by atoms with Gasteiger partial charge in [0.2, 0.25) is 0 Å². The van der Waals surface area contributed by atoms with Crippen molar-refractivity contribution in [2.24, 2.45) is 0 Å². The molecule has 1 aromatic heterocycles. The number of esters is 3. The molecule has 0 saturated carbocycles. The topological polar surface area (TPSA) is 194 Å². The quantitative estimate of drug-likeness (QED) is 0.217. The van der Waals surface area contributed by atoms with Crippen LogP contribution >= 0.6 is 0 Å². The zero-order chi connectivity index (χ0) is 26.3. The lowest BCUT2D eigenvalue weighted by atomic mass is 10.1. The number of nitrogens with zero attached hydrogens (tertiary/aromatic N) is 1. The summed E-state index contributed by atoms with van der Waals surface area (Å²) in [6, 6.07) is 0.982. The van der Waals surface area contributed by atoms with E-state index in [0.29, 0.717) is 0 Å². The number of aromatic amines is 1. The SMILES string of the molecule is CC(=O)CC(=O)OCC1OC(n2ccc(=O)[nH]c2=O)C(OC(=O)CC(C)=O)C1OC(=O)CC(C)=O. The van der Waals surface area contributed by atoms with Gasteiger partial charge in [0, 0.05) is 12.3 Å². The summed E-state index contributed by atoms with van der Waals surface area (Å²) in [4.78, 5) is 96.0. The molecule has 1 aromatic rings. The molecule has 190 valence electrons. The third-order valence-corrected chi connectivity index (χ3v) is 4.53. The molecule has 0 aromatic carbocycles. The van der Waals surface area contributed by atoms with Crippen LogP contribution in [0, 0.1) is 0 Å². The van der Waals surface area contributed by atoms with Gasteiger partial charge >= 0.3 is 23.6 Å². The molecule has 1 N–H and O–H groups in total. The van der Waals surface area contributed by atoms with Gasteiger partial charge in [-0.1, -0.05) is 0 Å². The summed E-state index contributed by atoms with van der Waals surface area (Å²) in [5.41, 5.74) is -1.69. The first-order chi connectivity index (χ1) is 16.4. The Hall–Kier alpha value is -3.94. The lowest BCUT2D eigenvalue weighted by molar-refractivity contribution is -0.170. The van der Waals surface area contributed by atoms with Crippen molar-refractivity contribution < 1.29 is 47.7 Å². The first-order valence-corrected chi connectivity index (χ1v) is 10.4. The molecule has 0 aliphatic carbocycles. The fraction of sp³-hybridized carbons (Fsp3) is 0.524. The van der Waals surface area contributed by atoms with Crippen molar-refractivity contribution in [3.63, 3.8) is 0 Å². The fourth-order valence-corrected chi connectivity index (χ4v) is 3.18. The van der Waals surface area contributed by atoms with Crippen LogP contribution in [0.25, 0.3) is 0 Å². The average Bonchev–Trinajstić information content (AvgIpc) is 3.01. The standard InChI is InChI=1S/C21H24N2O12/c1-10(24)6-15(28)32-9-13-18(34-16(29)7-11(2)25)19(35-17(30)8-12(3)26)20(33-13)23-5-4-14(27)22-21(23)31/h4-5,13,18-20H,6-9H2,1-3H3,(H,22,27,31). The Morgan fingerprint density at radius 1 is 0.857 bits per heavy atom. The Balaban J connectivity index is 2.43. The van der Waals surface area contributed by atoms with Gasteiger partial charge in [-0.2, -0.15) is 0 Å². The van der Waals surface area contributed by atoms with E-state index < -0.39 is 96.9 Å². The second-order valence-corrected chi connectivity index (χ2v) is 7.81. The first kappa shape index (κ1) is 27.3. The molecule has 14 nitrogen and oxygen atoms in total. The molecule has 4 atom stereocenters. The third kappa shape index (κ3) is 8.10. The van der Waals surface area contributed by atoms with Crippen molar-refractivity contribution >= 4 is 35.3 Å². The summed E-state index contributed by atoms with van der Waals surface area (Å²) in [5, 5.41) is 0. The van der Waals surface area contributed by atoms with Crippen LogP contribution in [0.2, 0.25) is 0 Å². The van der Waals surface area contributed by atoms with Crippen LogP contribution in [-0.2, 0) is 47.7 Å². The van der Waals surface area contributed by atoms with Gasteiger partial charge in [0.25, 0.3) is 5.56 Å². The van der Waals surface area contributed by atoms with Gasteiger partial charge in [0.1, 0.15) is 49.3 Å². The normalized spacial score (nSPS) is 21.1. The number of ketones is 3. The molecule has 2 heterocycles. The van der Waals surface area contributed by atoms with Crippen LogP contribution in [-0.4, -0.2) is 69.7 Å². The predicted molar refractivity (Wildman–Crippen MR) is 112 cm³/mol. The number of carbonyl (C=O) groups is 6. The summed E-state index contributed by atoms with van der Waals surface area (Å²) >= 11 is 0. The second-order valence-electron chi connectivity index (χ2n) is 7.81. The highest BCUT2D eigenvalue weighted by Crippen LogP contribution is 2.34. The molecule has 0 amide bonds. The van der Waals surface area contributed by atoms with Crippen molar-refractivity contribution in [2.45, 2.75) is 64.6 Å². The average molecular weight is 496 g/mol. The molecular weight excluding hydrogens is 472 g/mol. The maximum absolute atomic E-state index is 12.4. The number of carbonyl (C=O) groups excluding carboxylic acids is 6. The number of Topliss-reactive ketones (excluding diaryl/α,β-unsaturated/α-hetero) is 3. The maximum atomic E-state index is 12.4. The first-order valence-electron chi connectivity index (χ1n) is 10.4. The Kier molecular flexibility index (Phi) is 9.34. The zero-order valence-electron chi connectivity index (χ0n) is 19.1. The third-order valence-electron chi connectivity index (χ3n) is 4.53. The van der Waals surface area contributed by atoms with Crippen LogP contribution < -0.4 is 11.2 Å². The van der Waals surface area contributed by atoms with Crippen LogP contribution in [0.3, 0.4) is 0 Å². The summed E-state index contributed by atoms with van der Waals surface area (Å²) in [5.74, 6) is -4.50. The summed E-state index contributed by atoms with van der Waals surface area (Å²) in [7, 11) is 0. The van der Waals surface area contributed by atoms with Crippen molar-refractivity contribution in [1.29, 1.82) is 0 Å². The summed E-state index contributed by atoms with van der Waals surface area (Å²) < 4.78 is 22.1. The summed E-state index contributed by atoms with van der Waals surface area (Å²) in [6.45, 7) is 2.86. The van der Waals surface area contributed by atoms with Crippen molar-refractivity contribution in [3.8, 4) is 0 Å². The molecule has 35 heavy (non-hydrogen) atoms. The largest absolute Gasteiger partial charge is 0.462 e. The molecule has 1 fully saturated rings. The highest BCUT2D eigenvalue weighted by Gasteiger charge is 2.51. The lowest BCUT2D eigenvalue weighted by Crippen LogP contribution is -2.43. The highest BCUT2D eigenvalue weighted by molar-refractivity contribution is 5.95. The van der Waals surface area contributed by atoms with E-state index in [1.54, 1.807) is 0 Å². The lowest BCUT2D eigenvalue weighted by Gasteiger charge is -2.24. The van der Waals surface area contributed by atoms with Gasteiger partial charge in [0.15, 0.2) is 18.4 Å². The number of hydrogen-bond donors (Lipinski definition) is 1. The van der Waals surface area contributed by atoms with Crippen LogP contribution in [0.1, 0.15) is 46.3 Å². The van der Waals surface area contributed by atoms with Gasteiger partial charge in [-0.05, 0) is 20.8 Å². The van der Waals surface area contributed by atoms with Gasteiger partial charge in [-0.3, -0.25) is 43.1 Å². The van der Waals surface area contributed by atoms with Crippen molar-refractivity contribution in [3.05, 3.63) is 33.1 Å². The zero-order valence-corrected chi connectivity index (χ0v) is 19.1. The second kappa shape index (κ2) is 12.0. The minimum absolute atomic E-state index is 0.472. The minimum Gasteiger partial charge on any atom is -0.462 e. The molecule has 1 aliphatic rings. The van der Waals surface area contributed by atoms with E-state index in [2.05, 4.69) is 0 Å². The van der Waals surface area contributed by atoms with E-state index in [1.807, 2.05) is 4.98 Å². The van der Waals surface area contributed by atoms with Gasteiger partial charge in [-0.25, -0.2) is 4.79 Å². The highest BCUT2D eigenvalue weighted by atomic mass is 16.7. The van der Waals surface area contributed by atoms with Gasteiger partial charge < -0.3 is 18.9 Å². The molecule has 1 aliphatic heterocycles. The monoisotopic (exact) mass is 496 g/mol. The molecule has 0 spiro atoms. The molecule has 2 rings (SSSR count). The van der Waals surface area contributed by atoms with E-state index >= 15 is 0 Å². The number of H-pyrrole nitrogens is 1. The predicted octanol–water partition coefficient (Wildman–Crippen LogP) is -1.26. The van der Waals surface area contributed by atoms with E-state index in [0.717, 1.165) is 30.7 Å². The Morgan fingerprint density at radius 3 is 1.89 bits per heavy atom. The Bertz CT molecular complexity index is 1130. The smallest absolute Gasteiger partial charge is 0.330 e. The van der Waals surface area contributed by atoms with Crippen molar-refractivity contribution in [1.82, 2.24) is 9.55 Å². The molecular formula is C21H24N2O12. The molecule has 14 heteroatoms.